The fourth-order valence-electron chi connectivity index (χ4n) is 2.30. The normalized spacial score (nSPS) is 11.3. The number of aromatic nitrogens is 2. The minimum atomic E-state index is -3.95. The maximum absolute atomic E-state index is 12.6. The summed E-state index contributed by atoms with van der Waals surface area (Å²) in [5.74, 6) is -0.488. The van der Waals surface area contributed by atoms with Crippen molar-refractivity contribution in [3.8, 4) is 0 Å². The summed E-state index contributed by atoms with van der Waals surface area (Å²) in [4.78, 5) is 13.9. The molecular formula is C17H13Cl2N3O3S. The summed E-state index contributed by atoms with van der Waals surface area (Å²) in [6, 6.07) is 14.0. The number of halogens is 2. The van der Waals surface area contributed by atoms with Crippen LogP contribution in [0, 0.1) is 0 Å². The van der Waals surface area contributed by atoms with Crippen molar-refractivity contribution in [3.05, 3.63) is 76.5 Å². The van der Waals surface area contributed by atoms with Gasteiger partial charge in [-0.2, -0.15) is 17.6 Å². The lowest BCUT2D eigenvalue weighted by molar-refractivity contribution is 0.0988. The number of para-hydroxylation sites is 1. The average molecular weight is 410 g/mol. The molecule has 0 unspecified atom stereocenters. The van der Waals surface area contributed by atoms with Crippen LogP contribution >= 0.6 is 23.2 Å². The summed E-state index contributed by atoms with van der Waals surface area (Å²) >= 11 is 11.9. The first kappa shape index (κ1) is 18.4. The van der Waals surface area contributed by atoms with Crippen molar-refractivity contribution >= 4 is 44.8 Å². The van der Waals surface area contributed by atoms with E-state index in [1.807, 2.05) is 0 Å². The first-order valence-electron chi connectivity index (χ1n) is 7.40. The molecule has 0 saturated heterocycles. The summed E-state index contributed by atoms with van der Waals surface area (Å²) in [5, 5.41) is 4.60. The quantitative estimate of drug-likeness (QED) is 0.658. The predicted molar refractivity (Wildman–Crippen MR) is 100 cm³/mol. The maximum atomic E-state index is 12.6. The highest BCUT2D eigenvalue weighted by Gasteiger charge is 2.23. The molecule has 0 N–H and O–H groups in total. The standard InChI is InChI=1S/C17H13Cl2N3O3S/c1-21(16-8-3-2-7-14(16)19)17(23)15-9-10-22(20-15)26(24,25)13-6-4-5-12(18)11-13/h2-11H,1H3. The molecule has 9 heteroatoms. The van der Waals surface area contributed by atoms with Crippen molar-refractivity contribution in [2.45, 2.75) is 4.90 Å². The molecule has 2 aromatic carbocycles. The molecule has 0 saturated carbocycles. The molecule has 0 spiro atoms. The van der Waals surface area contributed by atoms with Crippen molar-refractivity contribution in [2.24, 2.45) is 0 Å². The molecule has 1 aromatic heterocycles. The van der Waals surface area contributed by atoms with Crippen LogP contribution in [0.5, 0.6) is 0 Å². The van der Waals surface area contributed by atoms with Gasteiger partial charge in [-0.15, -0.1) is 0 Å². The van der Waals surface area contributed by atoms with Gasteiger partial charge in [0.2, 0.25) is 0 Å². The summed E-state index contributed by atoms with van der Waals surface area (Å²) in [6.07, 6.45) is 1.21. The predicted octanol–water partition coefficient (Wildman–Crippen LogP) is 3.70. The van der Waals surface area contributed by atoms with Crippen LogP contribution in [0.3, 0.4) is 0 Å². The molecular weight excluding hydrogens is 397 g/mol. The summed E-state index contributed by atoms with van der Waals surface area (Å²) < 4.78 is 26.0. The van der Waals surface area contributed by atoms with E-state index < -0.39 is 15.9 Å². The Bertz CT molecular complexity index is 1080. The van der Waals surface area contributed by atoms with Crippen LogP contribution < -0.4 is 4.90 Å². The fourth-order valence-corrected chi connectivity index (χ4v) is 3.97. The van der Waals surface area contributed by atoms with Crippen LogP contribution in [0.15, 0.2) is 65.7 Å². The largest absolute Gasteiger partial charge is 0.309 e. The molecule has 3 rings (SSSR count). The Morgan fingerprint density at radius 3 is 2.50 bits per heavy atom. The van der Waals surface area contributed by atoms with E-state index in [1.165, 1.54) is 42.4 Å². The number of nitrogens with zero attached hydrogens (tertiary/aromatic N) is 3. The average Bonchev–Trinajstić information content (AvgIpc) is 3.12. The van der Waals surface area contributed by atoms with E-state index >= 15 is 0 Å². The number of benzene rings is 2. The third kappa shape index (κ3) is 3.46. The Labute approximate surface area is 160 Å². The Morgan fingerprint density at radius 1 is 1.08 bits per heavy atom. The van der Waals surface area contributed by atoms with Gasteiger partial charge >= 0.3 is 0 Å². The smallest absolute Gasteiger partial charge is 0.283 e. The van der Waals surface area contributed by atoms with Gasteiger partial charge in [-0.3, -0.25) is 4.79 Å². The van der Waals surface area contributed by atoms with E-state index in [2.05, 4.69) is 5.10 Å². The molecule has 0 aliphatic carbocycles. The van der Waals surface area contributed by atoms with E-state index in [0.29, 0.717) is 10.7 Å². The van der Waals surface area contributed by atoms with Crippen LogP contribution in [-0.2, 0) is 10.0 Å². The monoisotopic (exact) mass is 409 g/mol. The van der Waals surface area contributed by atoms with Gasteiger partial charge in [0.25, 0.3) is 15.9 Å². The molecule has 0 aliphatic rings. The van der Waals surface area contributed by atoms with Gasteiger partial charge in [0.05, 0.1) is 15.6 Å². The lowest BCUT2D eigenvalue weighted by Gasteiger charge is -2.17. The van der Waals surface area contributed by atoms with Crippen molar-refractivity contribution in [1.82, 2.24) is 9.19 Å². The lowest BCUT2D eigenvalue weighted by atomic mass is 10.2. The SMILES string of the molecule is CN(C(=O)c1ccn(S(=O)(=O)c2cccc(Cl)c2)n1)c1ccccc1Cl. The summed E-state index contributed by atoms with van der Waals surface area (Å²) in [6.45, 7) is 0. The van der Waals surface area contributed by atoms with Gasteiger partial charge in [0, 0.05) is 18.3 Å². The van der Waals surface area contributed by atoms with Crippen LogP contribution in [-0.4, -0.2) is 30.6 Å². The highest BCUT2D eigenvalue weighted by Crippen LogP contribution is 2.25. The molecule has 26 heavy (non-hydrogen) atoms. The Balaban J connectivity index is 1.92. The molecule has 6 nitrogen and oxygen atoms in total. The van der Waals surface area contributed by atoms with Crippen molar-refractivity contribution in [3.63, 3.8) is 0 Å². The fraction of sp³-hybridized carbons (Fsp3) is 0.0588. The minimum absolute atomic E-state index is 0.0217. The molecule has 1 amide bonds. The van der Waals surface area contributed by atoms with Crippen LogP contribution in [0.1, 0.15) is 10.5 Å². The van der Waals surface area contributed by atoms with Crippen molar-refractivity contribution in [2.75, 3.05) is 11.9 Å². The van der Waals surface area contributed by atoms with E-state index in [4.69, 9.17) is 23.2 Å². The topological polar surface area (TPSA) is 72.3 Å². The molecule has 1 heterocycles. The van der Waals surface area contributed by atoms with Gasteiger partial charge < -0.3 is 4.90 Å². The van der Waals surface area contributed by atoms with Crippen LogP contribution in [0.4, 0.5) is 5.69 Å². The first-order valence-corrected chi connectivity index (χ1v) is 9.60. The highest BCUT2D eigenvalue weighted by molar-refractivity contribution is 7.89. The second kappa shape index (κ2) is 7.11. The van der Waals surface area contributed by atoms with Gasteiger partial charge in [-0.1, -0.05) is 41.4 Å². The van der Waals surface area contributed by atoms with Crippen molar-refractivity contribution in [1.29, 1.82) is 0 Å². The summed E-state index contributed by atoms with van der Waals surface area (Å²) in [5.41, 5.74) is 0.462. The van der Waals surface area contributed by atoms with E-state index in [0.717, 1.165) is 4.09 Å². The first-order chi connectivity index (χ1) is 12.3. The molecule has 0 radical (unpaired) electrons. The van der Waals surface area contributed by atoms with Gasteiger partial charge in [0.1, 0.15) is 0 Å². The number of hydrogen-bond acceptors (Lipinski definition) is 4. The number of rotatable bonds is 4. The Hall–Kier alpha value is -2.35. The summed E-state index contributed by atoms with van der Waals surface area (Å²) in [7, 11) is -2.41. The lowest BCUT2D eigenvalue weighted by Crippen LogP contribution is -2.27. The molecule has 0 fully saturated rings. The van der Waals surface area contributed by atoms with E-state index in [9.17, 15) is 13.2 Å². The molecule has 3 aromatic rings. The molecule has 0 aliphatic heterocycles. The molecule has 0 bridgehead atoms. The van der Waals surface area contributed by atoms with Gasteiger partial charge in [0.15, 0.2) is 5.69 Å². The molecule has 134 valence electrons. The zero-order chi connectivity index (χ0) is 18.9. The number of carbonyl (C=O) groups is 1. The second-order valence-corrected chi connectivity index (χ2v) is 7.99. The third-order valence-electron chi connectivity index (χ3n) is 3.64. The number of anilines is 1. The van der Waals surface area contributed by atoms with E-state index in [-0.39, 0.29) is 15.6 Å². The van der Waals surface area contributed by atoms with Crippen LogP contribution in [0.2, 0.25) is 10.0 Å². The van der Waals surface area contributed by atoms with E-state index in [1.54, 1.807) is 30.3 Å². The minimum Gasteiger partial charge on any atom is -0.309 e. The van der Waals surface area contributed by atoms with Crippen LogP contribution in [0.25, 0.3) is 0 Å². The van der Waals surface area contributed by atoms with Gasteiger partial charge in [-0.05, 0) is 36.4 Å². The third-order valence-corrected chi connectivity index (χ3v) is 5.74. The number of hydrogen-bond donors (Lipinski definition) is 0. The second-order valence-electron chi connectivity index (χ2n) is 5.35. The zero-order valence-electron chi connectivity index (χ0n) is 13.5. The zero-order valence-corrected chi connectivity index (χ0v) is 15.8. The highest BCUT2D eigenvalue weighted by atomic mass is 35.5. The Kier molecular flexibility index (Phi) is 5.04. The van der Waals surface area contributed by atoms with Gasteiger partial charge in [-0.25, -0.2) is 0 Å². The molecule has 0 atom stereocenters. The number of amides is 1. The Morgan fingerprint density at radius 2 is 1.81 bits per heavy atom. The maximum Gasteiger partial charge on any atom is 0.283 e. The number of carbonyl (C=O) groups excluding carboxylic acids is 1. The van der Waals surface area contributed by atoms with Crippen molar-refractivity contribution < 1.29 is 13.2 Å².